The maximum absolute atomic E-state index is 13.1. The van der Waals surface area contributed by atoms with Gasteiger partial charge < -0.3 is 5.32 Å². The Hall–Kier alpha value is -1.97. The maximum Gasteiger partial charge on any atom is 0.126 e. The van der Waals surface area contributed by atoms with Crippen LogP contribution < -0.4 is 5.32 Å². The first-order chi connectivity index (χ1) is 8.61. The summed E-state index contributed by atoms with van der Waals surface area (Å²) in [5, 5.41) is 3.13. The molecule has 92 valence electrons. The monoisotopic (exact) mass is 249 g/mol. The first kappa shape index (κ1) is 11.1. The van der Waals surface area contributed by atoms with Crippen LogP contribution in [-0.4, -0.2) is 0 Å². The number of halogens is 3. The van der Waals surface area contributed by atoms with Crippen molar-refractivity contribution in [3.63, 3.8) is 0 Å². The highest BCUT2D eigenvalue weighted by molar-refractivity contribution is 5.58. The molecule has 0 spiro atoms. The van der Waals surface area contributed by atoms with Crippen LogP contribution in [0.3, 0.4) is 0 Å². The van der Waals surface area contributed by atoms with E-state index in [9.17, 15) is 13.2 Å². The lowest BCUT2D eigenvalue weighted by atomic mass is 10.0. The summed E-state index contributed by atoms with van der Waals surface area (Å²) in [5.74, 6) is -1.51. The SMILES string of the molecule is Fc1cc(F)cc(C2Cc3cc(F)ccc3N2)c1. The molecule has 0 fully saturated rings. The highest BCUT2D eigenvalue weighted by Gasteiger charge is 2.23. The predicted octanol–water partition coefficient (Wildman–Crippen LogP) is 3.81. The number of hydrogen-bond donors (Lipinski definition) is 1. The Morgan fingerprint density at radius 1 is 0.889 bits per heavy atom. The predicted molar refractivity (Wildman–Crippen MR) is 62.8 cm³/mol. The van der Waals surface area contributed by atoms with E-state index in [1.54, 1.807) is 6.07 Å². The smallest absolute Gasteiger partial charge is 0.126 e. The van der Waals surface area contributed by atoms with E-state index >= 15 is 0 Å². The minimum atomic E-state index is -0.603. The summed E-state index contributed by atoms with van der Waals surface area (Å²) in [6.07, 6.45) is 0.524. The maximum atomic E-state index is 13.1. The zero-order valence-electron chi connectivity index (χ0n) is 9.38. The van der Waals surface area contributed by atoms with Crippen LogP contribution in [0.4, 0.5) is 18.9 Å². The zero-order chi connectivity index (χ0) is 12.7. The zero-order valence-corrected chi connectivity index (χ0v) is 9.38. The molecule has 2 aromatic carbocycles. The number of nitrogens with one attached hydrogen (secondary N) is 1. The second-order valence-electron chi connectivity index (χ2n) is 4.41. The number of fused-ring (bicyclic) bond motifs is 1. The molecule has 0 aromatic heterocycles. The minimum absolute atomic E-state index is 0.216. The van der Waals surface area contributed by atoms with E-state index in [2.05, 4.69) is 5.32 Å². The fourth-order valence-corrected chi connectivity index (χ4v) is 2.31. The van der Waals surface area contributed by atoms with Crippen LogP contribution in [0.1, 0.15) is 17.2 Å². The second kappa shape index (κ2) is 4.05. The number of hydrogen-bond acceptors (Lipinski definition) is 1. The molecular weight excluding hydrogens is 239 g/mol. The van der Waals surface area contributed by atoms with Crippen LogP contribution in [-0.2, 0) is 6.42 Å². The van der Waals surface area contributed by atoms with E-state index in [1.165, 1.54) is 24.3 Å². The summed E-state index contributed by atoms with van der Waals surface area (Å²) >= 11 is 0. The van der Waals surface area contributed by atoms with Crippen molar-refractivity contribution in [2.24, 2.45) is 0 Å². The number of benzene rings is 2. The van der Waals surface area contributed by atoms with Gasteiger partial charge in [0.1, 0.15) is 17.5 Å². The fourth-order valence-electron chi connectivity index (χ4n) is 2.31. The van der Waals surface area contributed by atoms with Crippen molar-refractivity contribution in [2.45, 2.75) is 12.5 Å². The molecule has 0 saturated heterocycles. The third-order valence-corrected chi connectivity index (χ3v) is 3.11. The Morgan fingerprint density at radius 3 is 2.33 bits per heavy atom. The van der Waals surface area contributed by atoms with Crippen molar-refractivity contribution < 1.29 is 13.2 Å². The normalized spacial score (nSPS) is 17.4. The van der Waals surface area contributed by atoms with Gasteiger partial charge in [-0.05, 0) is 47.9 Å². The first-order valence-corrected chi connectivity index (χ1v) is 5.63. The highest BCUT2D eigenvalue weighted by Crippen LogP contribution is 2.34. The lowest BCUT2D eigenvalue weighted by Crippen LogP contribution is -2.06. The summed E-state index contributed by atoms with van der Waals surface area (Å²) in [7, 11) is 0. The van der Waals surface area contributed by atoms with Crippen LogP contribution in [0.5, 0.6) is 0 Å². The Bertz CT molecular complexity index is 590. The first-order valence-electron chi connectivity index (χ1n) is 5.63. The summed E-state index contributed by atoms with van der Waals surface area (Å²) in [5.41, 5.74) is 2.17. The van der Waals surface area contributed by atoms with Gasteiger partial charge in [-0.3, -0.25) is 0 Å². The molecule has 0 amide bonds. The van der Waals surface area contributed by atoms with Gasteiger partial charge in [-0.1, -0.05) is 0 Å². The van der Waals surface area contributed by atoms with Crippen molar-refractivity contribution in [1.29, 1.82) is 0 Å². The van der Waals surface area contributed by atoms with E-state index in [4.69, 9.17) is 0 Å². The van der Waals surface area contributed by atoms with Crippen LogP contribution >= 0.6 is 0 Å². The van der Waals surface area contributed by atoms with Crippen LogP contribution in [0.2, 0.25) is 0 Å². The lowest BCUT2D eigenvalue weighted by Gasteiger charge is -2.11. The molecule has 0 bridgehead atoms. The summed E-state index contributed by atoms with van der Waals surface area (Å²) in [6, 6.07) is 7.66. The number of rotatable bonds is 1. The standard InChI is InChI=1S/C14H10F3N/c15-10-1-2-13-9(3-10)6-14(18-13)8-4-11(16)7-12(17)5-8/h1-5,7,14,18H,6H2. The van der Waals surface area contributed by atoms with Gasteiger partial charge in [-0.15, -0.1) is 0 Å². The molecule has 0 saturated carbocycles. The largest absolute Gasteiger partial charge is 0.378 e. The molecule has 2 aromatic rings. The van der Waals surface area contributed by atoms with Crippen LogP contribution in [0, 0.1) is 17.5 Å². The van der Waals surface area contributed by atoms with Gasteiger partial charge in [0.2, 0.25) is 0 Å². The molecule has 0 radical (unpaired) electrons. The molecule has 1 aliphatic rings. The highest BCUT2D eigenvalue weighted by atomic mass is 19.1. The fraction of sp³-hybridized carbons (Fsp3) is 0.143. The van der Waals surface area contributed by atoms with Crippen LogP contribution in [0.25, 0.3) is 0 Å². The Morgan fingerprint density at radius 2 is 1.61 bits per heavy atom. The van der Waals surface area contributed by atoms with Gasteiger partial charge in [0.05, 0.1) is 6.04 Å². The van der Waals surface area contributed by atoms with Gasteiger partial charge in [0.15, 0.2) is 0 Å². The van der Waals surface area contributed by atoms with Gasteiger partial charge in [-0.2, -0.15) is 0 Å². The van der Waals surface area contributed by atoms with E-state index < -0.39 is 11.6 Å². The Kier molecular flexibility index (Phi) is 2.51. The molecule has 1 unspecified atom stereocenters. The quantitative estimate of drug-likeness (QED) is 0.810. The molecule has 18 heavy (non-hydrogen) atoms. The molecule has 4 heteroatoms. The van der Waals surface area contributed by atoms with Gasteiger partial charge in [-0.25, -0.2) is 13.2 Å². The van der Waals surface area contributed by atoms with Crippen molar-refractivity contribution in [2.75, 3.05) is 5.32 Å². The average Bonchev–Trinajstić information content (AvgIpc) is 2.70. The third-order valence-electron chi connectivity index (χ3n) is 3.11. The van der Waals surface area contributed by atoms with E-state index in [1.807, 2.05) is 0 Å². The molecular formula is C14H10F3N. The van der Waals surface area contributed by atoms with E-state index in [0.29, 0.717) is 12.0 Å². The van der Waals surface area contributed by atoms with Gasteiger partial charge >= 0.3 is 0 Å². The molecule has 1 atom stereocenters. The summed E-state index contributed by atoms with van der Waals surface area (Å²) < 4.78 is 39.4. The average molecular weight is 249 g/mol. The molecule has 3 rings (SSSR count). The van der Waals surface area contributed by atoms with Crippen molar-refractivity contribution in [3.05, 3.63) is 65.0 Å². The van der Waals surface area contributed by atoms with Gasteiger partial charge in [0.25, 0.3) is 0 Å². The van der Waals surface area contributed by atoms with Crippen LogP contribution in [0.15, 0.2) is 36.4 Å². The summed E-state index contributed by atoms with van der Waals surface area (Å²) in [6.45, 7) is 0. The van der Waals surface area contributed by atoms with Gasteiger partial charge in [0, 0.05) is 11.8 Å². The Labute approximate surface area is 102 Å². The summed E-state index contributed by atoms with van der Waals surface area (Å²) in [4.78, 5) is 0. The molecule has 0 aliphatic carbocycles. The number of anilines is 1. The van der Waals surface area contributed by atoms with E-state index in [-0.39, 0.29) is 11.9 Å². The molecule has 1 nitrogen and oxygen atoms in total. The topological polar surface area (TPSA) is 12.0 Å². The lowest BCUT2D eigenvalue weighted by molar-refractivity contribution is 0.576. The van der Waals surface area contributed by atoms with E-state index in [0.717, 1.165) is 17.3 Å². The van der Waals surface area contributed by atoms with Crippen molar-refractivity contribution in [3.8, 4) is 0 Å². The molecule has 1 aliphatic heterocycles. The van der Waals surface area contributed by atoms with Crippen molar-refractivity contribution in [1.82, 2.24) is 0 Å². The molecule has 1 N–H and O–H groups in total. The third kappa shape index (κ3) is 1.94. The Balaban J connectivity index is 1.93. The minimum Gasteiger partial charge on any atom is -0.378 e. The molecule has 1 heterocycles. The second-order valence-corrected chi connectivity index (χ2v) is 4.41. The van der Waals surface area contributed by atoms with Crippen molar-refractivity contribution >= 4 is 5.69 Å².